The predicted octanol–water partition coefficient (Wildman–Crippen LogP) is 2.52. The SMILES string of the molecule is Cc1nc2sccn2c1CN1CCN(C2CCCC2)C(CCO)C1. The fourth-order valence-corrected chi connectivity index (χ4v) is 5.32. The third kappa shape index (κ3) is 3.12. The summed E-state index contributed by atoms with van der Waals surface area (Å²) in [5.74, 6) is 0. The van der Waals surface area contributed by atoms with Crippen molar-refractivity contribution in [1.29, 1.82) is 0 Å². The molecule has 0 radical (unpaired) electrons. The number of imidazole rings is 1. The van der Waals surface area contributed by atoms with Crippen molar-refractivity contribution in [2.45, 2.75) is 57.7 Å². The molecule has 1 aliphatic heterocycles. The number of hydrogen-bond acceptors (Lipinski definition) is 5. The van der Waals surface area contributed by atoms with Gasteiger partial charge < -0.3 is 5.11 Å². The molecule has 1 N–H and O–H groups in total. The topological polar surface area (TPSA) is 44.0 Å². The van der Waals surface area contributed by atoms with Crippen LogP contribution >= 0.6 is 11.3 Å². The number of aromatic nitrogens is 2. The van der Waals surface area contributed by atoms with Crippen LogP contribution < -0.4 is 0 Å². The third-order valence-electron chi connectivity index (χ3n) is 5.80. The fourth-order valence-electron chi connectivity index (χ4n) is 4.54. The summed E-state index contributed by atoms with van der Waals surface area (Å²) in [7, 11) is 0. The predicted molar refractivity (Wildman–Crippen MR) is 97.5 cm³/mol. The molecule has 24 heavy (non-hydrogen) atoms. The van der Waals surface area contributed by atoms with Gasteiger partial charge in [0.25, 0.3) is 0 Å². The van der Waals surface area contributed by atoms with Gasteiger partial charge in [-0.05, 0) is 26.2 Å². The van der Waals surface area contributed by atoms with E-state index in [9.17, 15) is 5.11 Å². The van der Waals surface area contributed by atoms with Gasteiger partial charge >= 0.3 is 0 Å². The number of aliphatic hydroxyl groups excluding tert-OH is 1. The summed E-state index contributed by atoms with van der Waals surface area (Å²) in [6.07, 6.45) is 8.48. The van der Waals surface area contributed by atoms with Crippen molar-refractivity contribution in [3.05, 3.63) is 23.0 Å². The highest BCUT2D eigenvalue weighted by Gasteiger charge is 2.33. The Morgan fingerprint density at radius 3 is 2.92 bits per heavy atom. The second-order valence-corrected chi connectivity index (χ2v) is 8.15. The van der Waals surface area contributed by atoms with Crippen LogP contribution in [0.3, 0.4) is 0 Å². The average Bonchev–Trinajstić information content (AvgIpc) is 3.28. The molecule has 1 saturated carbocycles. The standard InChI is InChI=1S/C18H28N4OS/c1-14-17(22-9-11-24-18(22)19-14)13-20-7-8-21(15-4-2-3-5-15)16(12-20)6-10-23/h9,11,15-16,23H,2-8,10,12-13H2,1H3. The normalized spacial score (nSPS) is 24.3. The molecule has 2 aromatic heterocycles. The quantitative estimate of drug-likeness (QED) is 0.902. The van der Waals surface area contributed by atoms with Crippen LogP contribution in [-0.2, 0) is 6.54 Å². The Balaban J connectivity index is 1.47. The first-order chi connectivity index (χ1) is 11.8. The van der Waals surface area contributed by atoms with Crippen LogP contribution in [-0.4, -0.2) is 62.6 Å². The second-order valence-electron chi connectivity index (χ2n) is 7.28. The minimum absolute atomic E-state index is 0.294. The zero-order valence-corrected chi connectivity index (χ0v) is 15.3. The van der Waals surface area contributed by atoms with E-state index < -0.39 is 0 Å². The monoisotopic (exact) mass is 348 g/mol. The lowest BCUT2D eigenvalue weighted by atomic mass is 10.0. The summed E-state index contributed by atoms with van der Waals surface area (Å²) in [6, 6.07) is 1.25. The van der Waals surface area contributed by atoms with Gasteiger partial charge in [0.15, 0.2) is 4.96 Å². The molecule has 0 amide bonds. The first-order valence-corrected chi connectivity index (χ1v) is 10.1. The van der Waals surface area contributed by atoms with Crippen molar-refractivity contribution in [2.75, 3.05) is 26.2 Å². The summed E-state index contributed by atoms with van der Waals surface area (Å²) in [4.78, 5) is 11.0. The van der Waals surface area contributed by atoms with E-state index in [4.69, 9.17) is 0 Å². The van der Waals surface area contributed by atoms with Crippen LogP contribution in [0.2, 0.25) is 0 Å². The molecule has 2 aromatic rings. The molecule has 1 aliphatic carbocycles. The molecule has 2 aliphatic rings. The number of nitrogens with zero attached hydrogens (tertiary/aromatic N) is 4. The summed E-state index contributed by atoms with van der Waals surface area (Å²) < 4.78 is 2.24. The van der Waals surface area contributed by atoms with Crippen molar-refractivity contribution >= 4 is 16.3 Å². The zero-order chi connectivity index (χ0) is 16.5. The fraction of sp³-hybridized carbons (Fsp3) is 0.722. The Morgan fingerprint density at radius 1 is 1.29 bits per heavy atom. The average molecular weight is 349 g/mol. The lowest BCUT2D eigenvalue weighted by Crippen LogP contribution is -2.56. The van der Waals surface area contributed by atoms with Crippen molar-refractivity contribution in [3.8, 4) is 0 Å². The van der Waals surface area contributed by atoms with E-state index in [1.807, 2.05) is 0 Å². The number of hydrogen-bond donors (Lipinski definition) is 1. The van der Waals surface area contributed by atoms with Gasteiger partial charge in [0.2, 0.25) is 0 Å². The Kier molecular flexibility index (Phi) is 4.90. The number of thiazole rings is 1. The van der Waals surface area contributed by atoms with E-state index in [1.54, 1.807) is 11.3 Å². The Bertz CT molecular complexity index is 676. The molecule has 3 heterocycles. The third-order valence-corrected chi connectivity index (χ3v) is 6.56. The van der Waals surface area contributed by atoms with E-state index in [0.717, 1.165) is 49.3 Å². The van der Waals surface area contributed by atoms with E-state index >= 15 is 0 Å². The highest BCUT2D eigenvalue weighted by molar-refractivity contribution is 7.15. The van der Waals surface area contributed by atoms with Gasteiger partial charge in [-0.2, -0.15) is 0 Å². The van der Waals surface area contributed by atoms with Crippen LogP contribution in [0, 0.1) is 6.92 Å². The summed E-state index contributed by atoms with van der Waals surface area (Å²) >= 11 is 1.70. The van der Waals surface area contributed by atoms with Crippen LogP contribution in [0.25, 0.3) is 4.96 Å². The number of fused-ring (bicyclic) bond motifs is 1. The Morgan fingerprint density at radius 2 is 2.12 bits per heavy atom. The lowest BCUT2D eigenvalue weighted by molar-refractivity contribution is 0.0261. The minimum atomic E-state index is 0.294. The lowest BCUT2D eigenvalue weighted by Gasteiger charge is -2.44. The minimum Gasteiger partial charge on any atom is -0.396 e. The van der Waals surface area contributed by atoms with Gasteiger partial charge in [-0.15, -0.1) is 11.3 Å². The molecular weight excluding hydrogens is 320 g/mol. The first kappa shape index (κ1) is 16.5. The van der Waals surface area contributed by atoms with E-state index in [0.29, 0.717) is 12.6 Å². The maximum Gasteiger partial charge on any atom is 0.194 e. The summed E-state index contributed by atoms with van der Waals surface area (Å²) in [5, 5.41) is 11.6. The number of aliphatic hydroxyl groups is 1. The number of aryl methyl sites for hydroxylation is 1. The summed E-state index contributed by atoms with van der Waals surface area (Å²) in [5.41, 5.74) is 2.47. The molecule has 0 spiro atoms. The smallest absolute Gasteiger partial charge is 0.194 e. The van der Waals surface area contributed by atoms with Crippen LogP contribution in [0.1, 0.15) is 43.5 Å². The van der Waals surface area contributed by atoms with Gasteiger partial charge in [0.05, 0.1) is 11.4 Å². The number of rotatable bonds is 5. The van der Waals surface area contributed by atoms with Gasteiger partial charge in [-0.1, -0.05) is 12.8 Å². The van der Waals surface area contributed by atoms with Gasteiger partial charge in [-0.3, -0.25) is 14.2 Å². The second kappa shape index (κ2) is 7.12. The summed E-state index contributed by atoms with van der Waals surface area (Å²) in [6.45, 7) is 6.70. The van der Waals surface area contributed by atoms with Gasteiger partial charge in [0.1, 0.15) is 0 Å². The maximum absolute atomic E-state index is 9.52. The van der Waals surface area contributed by atoms with E-state index in [-0.39, 0.29) is 0 Å². The molecule has 5 nitrogen and oxygen atoms in total. The molecule has 132 valence electrons. The van der Waals surface area contributed by atoms with E-state index in [2.05, 4.69) is 37.7 Å². The molecule has 1 unspecified atom stereocenters. The van der Waals surface area contributed by atoms with Crippen molar-refractivity contribution in [1.82, 2.24) is 19.2 Å². The molecule has 6 heteroatoms. The zero-order valence-electron chi connectivity index (χ0n) is 14.5. The van der Waals surface area contributed by atoms with Crippen LogP contribution in [0.5, 0.6) is 0 Å². The van der Waals surface area contributed by atoms with Gasteiger partial charge in [0, 0.05) is 56.4 Å². The van der Waals surface area contributed by atoms with E-state index in [1.165, 1.54) is 31.4 Å². The molecule has 1 saturated heterocycles. The molecule has 2 fully saturated rings. The van der Waals surface area contributed by atoms with Crippen molar-refractivity contribution in [2.24, 2.45) is 0 Å². The largest absolute Gasteiger partial charge is 0.396 e. The highest BCUT2D eigenvalue weighted by atomic mass is 32.1. The Labute approximate surface area is 147 Å². The highest BCUT2D eigenvalue weighted by Crippen LogP contribution is 2.28. The van der Waals surface area contributed by atoms with Crippen LogP contribution in [0.4, 0.5) is 0 Å². The molecular formula is C18H28N4OS. The van der Waals surface area contributed by atoms with Crippen LogP contribution in [0.15, 0.2) is 11.6 Å². The van der Waals surface area contributed by atoms with Crippen molar-refractivity contribution < 1.29 is 5.11 Å². The van der Waals surface area contributed by atoms with Gasteiger partial charge in [-0.25, -0.2) is 4.98 Å². The number of piperazine rings is 1. The molecule has 4 rings (SSSR count). The molecule has 0 aromatic carbocycles. The van der Waals surface area contributed by atoms with Crippen molar-refractivity contribution in [3.63, 3.8) is 0 Å². The molecule has 0 bridgehead atoms. The molecule has 1 atom stereocenters. The Hall–Kier alpha value is -0.950. The maximum atomic E-state index is 9.52. The first-order valence-electron chi connectivity index (χ1n) is 9.26.